The Morgan fingerprint density at radius 2 is 1.80 bits per heavy atom. The molecule has 0 saturated heterocycles. The van der Waals surface area contributed by atoms with E-state index in [1.165, 1.54) is 49.8 Å². The molecule has 1 atom stereocenters. The maximum absolute atomic E-state index is 11.9. The van der Waals surface area contributed by atoms with E-state index in [-0.39, 0.29) is 12.6 Å². The van der Waals surface area contributed by atoms with Crippen LogP contribution in [0, 0.1) is 0 Å². The number of carbonyl (C=O) groups is 3. The SMILES string of the molecule is COC(=O)c1ccc(NC(=O)C(=O)NCC(OC)c2ccsc2)cc1. The van der Waals surface area contributed by atoms with Gasteiger partial charge >= 0.3 is 17.8 Å². The molecular formula is C17H18N2O5S. The van der Waals surface area contributed by atoms with Gasteiger partial charge < -0.3 is 20.1 Å². The second kappa shape index (κ2) is 8.95. The lowest BCUT2D eigenvalue weighted by molar-refractivity contribution is -0.136. The summed E-state index contributed by atoms with van der Waals surface area (Å²) < 4.78 is 9.90. The predicted molar refractivity (Wildman–Crippen MR) is 93.5 cm³/mol. The summed E-state index contributed by atoms with van der Waals surface area (Å²) in [7, 11) is 2.82. The minimum absolute atomic E-state index is 0.181. The normalized spacial score (nSPS) is 11.4. The maximum atomic E-state index is 11.9. The standard InChI is InChI=1S/C17H18N2O5S/c1-23-14(12-7-8-25-10-12)9-18-15(20)16(21)19-13-5-3-11(4-6-13)17(22)24-2/h3-8,10,14H,9H2,1-2H3,(H,18,20)(H,19,21). The third kappa shape index (κ3) is 5.13. The fraction of sp³-hybridized carbons (Fsp3) is 0.235. The predicted octanol–water partition coefficient (Wildman–Crippen LogP) is 1.98. The highest BCUT2D eigenvalue weighted by molar-refractivity contribution is 7.07. The van der Waals surface area contributed by atoms with Crippen molar-refractivity contribution >= 4 is 34.8 Å². The van der Waals surface area contributed by atoms with E-state index in [9.17, 15) is 14.4 Å². The molecule has 7 nitrogen and oxygen atoms in total. The fourth-order valence-corrected chi connectivity index (χ4v) is 2.76. The Kier molecular flexibility index (Phi) is 6.67. The number of amides is 2. The van der Waals surface area contributed by atoms with E-state index >= 15 is 0 Å². The number of thiophene rings is 1. The quantitative estimate of drug-likeness (QED) is 0.605. The summed E-state index contributed by atoms with van der Waals surface area (Å²) in [4.78, 5) is 35.2. The van der Waals surface area contributed by atoms with Gasteiger partial charge in [0.25, 0.3) is 0 Å². The molecule has 2 amide bonds. The molecule has 25 heavy (non-hydrogen) atoms. The highest BCUT2D eigenvalue weighted by Crippen LogP contribution is 2.18. The van der Waals surface area contributed by atoms with Crippen molar-refractivity contribution in [1.82, 2.24) is 5.32 Å². The van der Waals surface area contributed by atoms with Gasteiger partial charge in [0.1, 0.15) is 6.10 Å². The van der Waals surface area contributed by atoms with E-state index in [2.05, 4.69) is 15.4 Å². The Morgan fingerprint density at radius 1 is 1.08 bits per heavy atom. The molecule has 1 aromatic heterocycles. The van der Waals surface area contributed by atoms with E-state index in [0.29, 0.717) is 11.3 Å². The van der Waals surface area contributed by atoms with Crippen molar-refractivity contribution in [3.05, 3.63) is 52.2 Å². The van der Waals surface area contributed by atoms with E-state index in [4.69, 9.17) is 4.74 Å². The van der Waals surface area contributed by atoms with Crippen molar-refractivity contribution in [3.8, 4) is 0 Å². The lowest BCUT2D eigenvalue weighted by Gasteiger charge is -2.14. The molecule has 2 rings (SSSR count). The number of benzene rings is 1. The molecule has 1 heterocycles. The Balaban J connectivity index is 1.87. The number of hydrogen-bond acceptors (Lipinski definition) is 6. The zero-order valence-corrected chi connectivity index (χ0v) is 14.6. The Bertz CT molecular complexity index is 728. The van der Waals surface area contributed by atoms with Gasteiger partial charge in [-0.15, -0.1) is 0 Å². The Labute approximate surface area is 148 Å². The number of carbonyl (C=O) groups excluding carboxylic acids is 3. The Morgan fingerprint density at radius 3 is 2.36 bits per heavy atom. The van der Waals surface area contributed by atoms with Crippen LogP contribution in [0.5, 0.6) is 0 Å². The molecule has 2 N–H and O–H groups in total. The van der Waals surface area contributed by atoms with E-state index in [1.807, 2.05) is 16.8 Å². The molecule has 0 aliphatic rings. The first-order valence-electron chi connectivity index (χ1n) is 7.37. The molecular weight excluding hydrogens is 344 g/mol. The van der Waals surface area contributed by atoms with Gasteiger partial charge in [0, 0.05) is 19.3 Å². The van der Waals surface area contributed by atoms with Crippen LogP contribution < -0.4 is 10.6 Å². The first-order valence-corrected chi connectivity index (χ1v) is 8.32. The van der Waals surface area contributed by atoms with Crippen molar-refractivity contribution < 1.29 is 23.9 Å². The lowest BCUT2D eigenvalue weighted by Crippen LogP contribution is -2.37. The van der Waals surface area contributed by atoms with Crippen molar-refractivity contribution in [2.45, 2.75) is 6.10 Å². The average molecular weight is 362 g/mol. The van der Waals surface area contributed by atoms with Gasteiger partial charge in [0.2, 0.25) is 0 Å². The largest absolute Gasteiger partial charge is 0.465 e. The van der Waals surface area contributed by atoms with Crippen LogP contribution in [0.3, 0.4) is 0 Å². The van der Waals surface area contributed by atoms with Crippen LogP contribution in [0.15, 0.2) is 41.1 Å². The molecule has 1 unspecified atom stereocenters. The summed E-state index contributed by atoms with van der Waals surface area (Å²) in [5.41, 5.74) is 1.68. The van der Waals surface area contributed by atoms with Crippen LogP contribution in [-0.4, -0.2) is 38.5 Å². The number of ether oxygens (including phenoxy) is 2. The van der Waals surface area contributed by atoms with E-state index < -0.39 is 17.8 Å². The summed E-state index contributed by atoms with van der Waals surface area (Å²) in [5.74, 6) is -2.05. The second-order valence-corrected chi connectivity index (χ2v) is 5.79. The molecule has 132 valence electrons. The minimum atomic E-state index is -0.800. The van der Waals surface area contributed by atoms with Gasteiger partial charge in [-0.25, -0.2) is 4.79 Å². The molecule has 0 aliphatic carbocycles. The second-order valence-electron chi connectivity index (χ2n) is 5.01. The molecule has 0 fully saturated rings. The van der Waals surface area contributed by atoms with Crippen molar-refractivity contribution in [2.75, 3.05) is 26.1 Å². The van der Waals surface area contributed by atoms with Crippen molar-refractivity contribution in [3.63, 3.8) is 0 Å². The van der Waals surface area contributed by atoms with Crippen LogP contribution in [0.1, 0.15) is 22.0 Å². The first-order chi connectivity index (χ1) is 12.0. The lowest BCUT2D eigenvalue weighted by atomic mass is 10.2. The zero-order valence-electron chi connectivity index (χ0n) is 13.8. The van der Waals surface area contributed by atoms with Gasteiger partial charge in [-0.2, -0.15) is 11.3 Å². The number of rotatable bonds is 6. The number of anilines is 1. The summed E-state index contributed by atoms with van der Waals surface area (Å²) in [6.07, 6.45) is -0.317. The third-order valence-corrected chi connectivity index (χ3v) is 4.12. The topological polar surface area (TPSA) is 93.7 Å². The van der Waals surface area contributed by atoms with Crippen molar-refractivity contribution in [2.24, 2.45) is 0 Å². The highest BCUT2D eigenvalue weighted by Gasteiger charge is 2.17. The van der Waals surface area contributed by atoms with Crippen molar-refractivity contribution in [1.29, 1.82) is 0 Å². The summed E-state index contributed by atoms with van der Waals surface area (Å²) >= 11 is 1.53. The smallest absolute Gasteiger partial charge is 0.337 e. The number of nitrogens with one attached hydrogen (secondary N) is 2. The number of esters is 1. The van der Waals surface area contributed by atoms with E-state index in [1.54, 1.807) is 0 Å². The summed E-state index contributed by atoms with van der Waals surface area (Å²) in [6.45, 7) is 0.181. The van der Waals surface area contributed by atoms with Gasteiger partial charge in [-0.3, -0.25) is 9.59 Å². The average Bonchev–Trinajstić information content (AvgIpc) is 3.16. The van der Waals surface area contributed by atoms with Gasteiger partial charge in [0.15, 0.2) is 0 Å². The maximum Gasteiger partial charge on any atom is 0.337 e. The van der Waals surface area contributed by atoms with Gasteiger partial charge in [-0.05, 0) is 46.7 Å². The Hall–Kier alpha value is -2.71. The number of hydrogen-bond donors (Lipinski definition) is 2. The molecule has 8 heteroatoms. The fourth-order valence-electron chi connectivity index (χ4n) is 2.06. The van der Waals surface area contributed by atoms with Crippen LogP contribution in [0.2, 0.25) is 0 Å². The van der Waals surface area contributed by atoms with Gasteiger partial charge in [0.05, 0.1) is 12.7 Å². The van der Waals surface area contributed by atoms with E-state index in [0.717, 1.165) is 5.56 Å². The van der Waals surface area contributed by atoms with Gasteiger partial charge in [-0.1, -0.05) is 0 Å². The first kappa shape index (κ1) is 18.6. The minimum Gasteiger partial charge on any atom is -0.465 e. The third-order valence-electron chi connectivity index (χ3n) is 3.42. The summed E-state index contributed by atoms with van der Waals surface area (Å²) in [6, 6.07) is 7.92. The van der Waals surface area contributed by atoms with Crippen LogP contribution >= 0.6 is 11.3 Å². The molecule has 1 aromatic carbocycles. The molecule has 0 bridgehead atoms. The zero-order chi connectivity index (χ0) is 18.2. The monoisotopic (exact) mass is 362 g/mol. The van der Waals surface area contributed by atoms with Crippen LogP contribution in [0.25, 0.3) is 0 Å². The summed E-state index contributed by atoms with van der Waals surface area (Å²) in [5, 5.41) is 8.83. The molecule has 0 saturated carbocycles. The molecule has 0 aliphatic heterocycles. The molecule has 0 radical (unpaired) electrons. The highest BCUT2D eigenvalue weighted by atomic mass is 32.1. The molecule has 0 spiro atoms. The van der Waals surface area contributed by atoms with Crippen LogP contribution in [0.4, 0.5) is 5.69 Å². The molecule has 2 aromatic rings. The number of methoxy groups -OCH3 is 2. The van der Waals surface area contributed by atoms with Crippen LogP contribution in [-0.2, 0) is 19.1 Å².